The number of alkyl halides is 1. The average molecular weight is 418 g/mol. The van der Waals surface area contributed by atoms with Crippen molar-refractivity contribution in [3.8, 4) is 0 Å². The van der Waals surface area contributed by atoms with E-state index in [1.54, 1.807) is 6.92 Å². The Bertz CT molecular complexity index is 338. The summed E-state index contributed by atoms with van der Waals surface area (Å²) in [6.07, 6.45) is 0. The molecule has 0 aliphatic rings. The molecule has 70 valence electrons. The molecule has 0 heterocycles. The number of Topliss-reactive ketones (excluding diaryl/α,β-unsaturated/α-hetero) is 1. The van der Waals surface area contributed by atoms with Crippen LogP contribution in [-0.4, -0.2) is 5.78 Å². The monoisotopic (exact) mass is 416 g/mol. The second-order valence-electron chi connectivity index (χ2n) is 2.64. The molecule has 0 amide bonds. The van der Waals surface area contributed by atoms with Crippen LogP contribution >= 0.6 is 54.5 Å². The summed E-state index contributed by atoms with van der Waals surface area (Å²) in [7, 11) is 0. The number of hydrogen-bond donors (Lipinski definition) is 0. The van der Waals surface area contributed by atoms with E-state index >= 15 is 0 Å². The third-order valence-corrected chi connectivity index (χ3v) is 4.16. The summed E-state index contributed by atoms with van der Waals surface area (Å²) >= 11 is 8.96. The number of rotatable bonds is 2. The molecule has 1 atom stereocenters. The van der Waals surface area contributed by atoms with Crippen LogP contribution in [-0.2, 0) is 4.79 Å². The molecule has 0 N–H and O–H groups in total. The molecule has 0 saturated carbocycles. The van der Waals surface area contributed by atoms with Crippen LogP contribution in [0.3, 0.4) is 0 Å². The Hall–Kier alpha value is 0.580. The van der Waals surface area contributed by atoms with Crippen molar-refractivity contribution in [1.29, 1.82) is 0 Å². The highest BCUT2D eigenvalue weighted by molar-refractivity contribution is 14.1. The van der Waals surface area contributed by atoms with Crippen LogP contribution in [0.15, 0.2) is 22.7 Å². The lowest BCUT2D eigenvalue weighted by Crippen LogP contribution is -2.02. The zero-order valence-electron chi connectivity index (χ0n) is 6.85. The average Bonchev–Trinajstić information content (AvgIpc) is 2.03. The highest BCUT2D eigenvalue weighted by Gasteiger charge is 2.15. The normalized spacial score (nSPS) is 12.6. The molecule has 1 aromatic rings. The Balaban J connectivity index is 3.08. The lowest BCUT2D eigenvalue weighted by atomic mass is 10.1. The van der Waals surface area contributed by atoms with Crippen LogP contribution in [0.4, 0.5) is 0 Å². The third kappa shape index (κ3) is 3.02. The summed E-state index contributed by atoms with van der Waals surface area (Å²) in [5.41, 5.74) is 1.02. The van der Waals surface area contributed by atoms with E-state index in [1.165, 1.54) is 0 Å². The molecular weight excluding hydrogens is 411 g/mol. The summed E-state index contributed by atoms with van der Waals surface area (Å²) < 4.78 is 2.12. The smallest absolute Gasteiger partial charge is 0.147 e. The Kier molecular flexibility index (Phi) is 4.38. The summed E-state index contributed by atoms with van der Waals surface area (Å²) in [6, 6.07) is 5.88. The molecular formula is C9H7Br2IO. The predicted octanol–water partition coefficient (Wildman–Crippen LogP) is 4.08. The lowest BCUT2D eigenvalue weighted by Gasteiger charge is -2.08. The van der Waals surface area contributed by atoms with E-state index in [2.05, 4.69) is 54.5 Å². The first-order valence-electron chi connectivity index (χ1n) is 3.62. The van der Waals surface area contributed by atoms with Gasteiger partial charge in [-0.25, -0.2) is 0 Å². The van der Waals surface area contributed by atoms with Crippen LogP contribution in [0.25, 0.3) is 0 Å². The third-order valence-electron chi connectivity index (χ3n) is 1.59. The van der Waals surface area contributed by atoms with Gasteiger partial charge < -0.3 is 0 Å². The molecule has 0 saturated heterocycles. The second-order valence-corrected chi connectivity index (χ2v) is 5.63. The topological polar surface area (TPSA) is 17.1 Å². The number of benzene rings is 1. The van der Waals surface area contributed by atoms with Gasteiger partial charge in [0.1, 0.15) is 5.78 Å². The van der Waals surface area contributed by atoms with Gasteiger partial charge in [0.15, 0.2) is 0 Å². The van der Waals surface area contributed by atoms with Gasteiger partial charge in [-0.1, -0.05) is 37.9 Å². The molecule has 0 radical (unpaired) electrons. The molecule has 0 aliphatic heterocycles. The van der Waals surface area contributed by atoms with Crippen molar-refractivity contribution in [2.24, 2.45) is 0 Å². The Morgan fingerprint density at radius 1 is 1.54 bits per heavy atom. The molecule has 1 rings (SSSR count). The Morgan fingerprint density at radius 3 is 2.62 bits per heavy atom. The first-order valence-corrected chi connectivity index (χ1v) is 6.40. The van der Waals surface area contributed by atoms with Gasteiger partial charge in [0.05, 0.1) is 4.83 Å². The van der Waals surface area contributed by atoms with E-state index in [0.29, 0.717) is 0 Å². The largest absolute Gasteiger partial charge is 0.298 e. The summed E-state index contributed by atoms with van der Waals surface area (Å²) in [4.78, 5) is 10.9. The van der Waals surface area contributed by atoms with Gasteiger partial charge in [0.25, 0.3) is 0 Å². The van der Waals surface area contributed by atoms with Crippen molar-refractivity contribution in [3.63, 3.8) is 0 Å². The summed E-state index contributed by atoms with van der Waals surface area (Å²) in [6.45, 7) is 1.58. The standard InChI is InChI=1S/C9H7Br2IO/c1-5(13)9(11)7-3-2-6(10)4-8(7)12/h2-4,9H,1H3. The van der Waals surface area contributed by atoms with Gasteiger partial charge in [-0.15, -0.1) is 0 Å². The lowest BCUT2D eigenvalue weighted by molar-refractivity contribution is -0.116. The molecule has 0 aliphatic carbocycles. The minimum Gasteiger partial charge on any atom is -0.298 e. The van der Waals surface area contributed by atoms with Crippen LogP contribution in [0.2, 0.25) is 0 Å². The van der Waals surface area contributed by atoms with E-state index in [4.69, 9.17) is 0 Å². The maximum Gasteiger partial charge on any atom is 0.147 e. The maximum absolute atomic E-state index is 11.1. The molecule has 1 unspecified atom stereocenters. The van der Waals surface area contributed by atoms with E-state index < -0.39 is 0 Å². The first kappa shape index (κ1) is 11.7. The van der Waals surface area contributed by atoms with Crippen molar-refractivity contribution in [1.82, 2.24) is 0 Å². The molecule has 13 heavy (non-hydrogen) atoms. The molecule has 0 aromatic heterocycles. The first-order chi connectivity index (χ1) is 6.02. The SMILES string of the molecule is CC(=O)C(Br)c1ccc(Br)cc1I. The maximum atomic E-state index is 11.1. The summed E-state index contributed by atoms with van der Waals surface area (Å²) in [5, 5.41) is 0. The Labute approximate surface area is 108 Å². The van der Waals surface area contributed by atoms with Crippen LogP contribution in [0.5, 0.6) is 0 Å². The molecule has 4 heteroatoms. The van der Waals surface area contributed by atoms with Gasteiger partial charge >= 0.3 is 0 Å². The Morgan fingerprint density at radius 2 is 2.15 bits per heavy atom. The van der Waals surface area contributed by atoms with Crippen molar-refractivity contribution in [3.05, 3.63) is 31.8 Å². The van der Waals surface area contributed by atoms with E-state index in [0.717, 1.165) is 13.6 Å². The van der Waals surface area contributed by atoms with Crippen LogP contribution in [0.1, 0.15) is 17.3 Å². The number of carbonyl (C=O) groups is 1. The van der Waals surface area contributed by atoms with Gasteiger partial charge in [-0.05, 0) is 47.2 Å². The van der Waals surface area contributed by atoms with Crippen LogP contribution < -0.4 is 0 Å². The minimum atomic E-state index is -0.188. The summed E-state index contributed by atoms with van der Waals surface area (Å²) in [5.74, 6) is 0.125. The fourth-order valence-corrected chi connectivity index (χ4v) is 3.37. The fourth-order valence-electron chi connectivity index (χ4n) is 0.926. The zero-order valence-corrected chi connectivity index (χ0v) is 12.2. The van der Waals surface area contributed by atoms with Crippen LogP contribution in [0, 0.1) is 3.57 Å². The van der Waals surface area contributed by atoms with Gasteiger partial charge in [-0.2, -0.15) is 0 Å². The van der Waals surface area contributed by atoms with Crippen molar-refractivity contribution in [2.45, 2.75) is 11.8 Å². The quantitative estimate of drug-likeness (QED) is 0.523. The van der Waals surface area contributed by atoms with Crippen molar-refractivity contribution < 1.29 is 4.79 Å². The number of hydrogen-bond acceptors (Lipinski definition) is 1. The molecule has 1 nitrogen and oxygen atoms in total. The van der Waals surface area contributed by atoms with Gasteiger partial charge in [0, 0.05) is 8.04 Å². The molecule has 0 spiro atoms. The minimum absolute atomic E-state index is 0.125. The fraction of sp³-hybridized carbons (Fsp3) is 0.222. The zero-order chi connectivity index (χ0) is 10.0. The van der Waals surface area contributed by atoms with Crippen molar-refractivity contribution in [2.75, 3.05) is 0 Å². The van der Waals surface area contributed by atoms with Gasteiger partial charge in [0.2, 0.25) is 0 Å². The number of ketones is 1. The second kappa shape index (κ2) is 4.89. The van der Waals surface area contributed by atoms with E-state index in [-0.39, 0.29) is 10.6 Å². The molecule has 0 fully saturated rings. The van der Waals surface area contributed by atoms with Crippen molar-refractivity contribution >= 4 is 60.2 Å². The highest BCUT2D eigenvalue weighted by atomic mass is 127. The number of carbonyl (C=O) groups excluding carboxylic acids is 1. The van der Waals surface area contributed by atoms with Gasteiger partial charge in [-0.3, -0.25) is 4.79 Å². The van der Waals surface area contributed by atoms with E-state index in [9.17, 15) is 4.79 Å². The number of halogens is 3. The molecule has 1 aromatic carbocycles. The van der Waals surface area contributed by atoms with E-state index in [1.807, 2.05) is 18.2 Å². The highest BCUT2D eigenvalue weighted by Crippen LogP contribution is 2.29. The molecule has 0 bridgehead atoms. The predicted molar refractivity (Wildman–Crippen MR) is 69.2 cm³/mol.